The fourth-order valence-corrected chi connectivity index (χ4v) is 5.28. The fraction of sp³-hybridized carbons (Fsp3) is 0.462. The quantitative estimate of drug-likeness (QED) is 0.780. The second-order valence-electron chi connectivity index (χ2n) is 9.51. The fourth-order valence-electron chi connectivity index (χ4n) is 5.28. The molecule has 2 amide bonds. The molecule has 0 unspecified atom stereocenters. The highest BCUT2D eigenvalue weighted by atomic mass is 16.2. The summed E-state index contributed by atoms with van der Waals surface area (Å²) in [5, 5.41) is 3.07. The molecule has 5 rings (SSSR count). The molecule has 0 aromatic heterocycles. The Bertz CT molecular complexity index is 953. The van der Waals surface area contributed by atoms with E-state index in [1.54, 1.807) is 0 Å². The monoisotopic (exact) mass is 402 g/mol. The highest BCUT2D eigenvalue weighted by Crippen LogP contribution is 2.66. The number of likely N-dealkylation sites (tertiary alicyclic amines) is 1. The smallest absolute Gasteiger partial charge is 0.227 e. The number of hydrogen-bond acceptors (Lipinski definition) is 2. The molecule has 1 spiro atoms. The van der Waals surface area contributed by atoms with Gasteiger partial charge in [0.1, 0.15) is 0 Å². The molecule has 30 heavy (non-hydrogen) atoms. The van der Waals surface area contributed by atoms with Gasteiger partial charge in [-0.3, -0.25) is 9.59 Å². The number of nitrogens with one attached hydrogen (secondary N) is 1. The molecular formula is C26H30N2O2. The van der Waals surface area contributed by atoms with E-state index in [0.29, 0.717) is 11.3 Å². The molecule has 3 aliphatic rings. The van der Waals surface area contributed by atoms with E-state index >= 15 is 0 Å². The lowest BCUT2D eigenvalue weighted by Crippen LogP contribution is -2.43. The number of anilines is 1. The van der Waals surface area contributed by atoms with Crippen LogP contribution in [0.2, 0.25) is 0 Å². The molecule has 4 nitrogen and oxygen atoms in total. The molecular weight excluding hydrogens is 372 g/mol. The number of nitrogens with zero attached hydrogens (tertiary/aromatic N) is 1. The molecule has 2 aromatic rings. The number of piperidine rings is 1. The minimum atomic E-state index is -0.0117. The zero-order chi connectivity index (χ0) is 20.7. The number of rotatable bonds is 4. The summed E-state index contributed by atoms with van der Waals surface area (Å²) in [4.78, 5) is 27.5. The number of amides is 2. The standard InChI is InChI=1S/C26H30N2O2/c1-18-4-2-5-21(16-18)19-6-8-22(9-7-19)27-24(29)20-10-14-28(15-11-20)25(30)23-17-26(23)12-3-13-26/h2,4-9,16,20,23H,3,10-15,17H2,1H3,(H,27,29)/t23-/m1/s1. The normalized spacial score (nSPS) is 22.4. The third-order valence-electron chi connectivity index (χ3n) is 7.52. The molecule has 4 heteroatoms. The molecule has 1 saturated heterocycles. The highest BCUT2D eigenvalue weighted by molar-refractivity contribution is 5.93. The van der Waals surface area contributed by atoms with Gasteiger partial charge in [0.15, 0.2) is 0 Å². The molecule has 0 radical (unpaired) electrons. The van der Waals surface area contributed by atoms with Crippen molar-refractivity contribution in [3.8, 4) is 11.1 Å². The Morgan fingerprint density at radius 3 is 2.33 bits per heavy atom. The Morgan fingerprint density at radius 2 is 1.73 bits per heavy atom. The van der Waals surface area contributed by atoms with Crippen molar-refractivity contribution < 1.29 is 9.59 Å². The Morgan fingerprint density at radius 1 is 1.00 bits per heavy atom. The van der Waals surface area contributed by atoms with Crippen molar-refractivity contribution in [2.75, 3.05) is 18.4 Å². The lowest BCUT2D eigenvalue weighted by Gasteiger charge is -2.33. The lowest BCUT2D eigenvalue weighted by atomic mass is 9.79. The van der Waals surface area contributed by atoms with Gasteiger partial charge in [-0.25, -0.2) is 0 Å². The maximum atomic E-state index is 12.7. The summed E-state index contributed by atoms with van der Waals surface area (Å²) in [6, 6.07) is 16.5. The van der Waals surface area contributed by atoms with E-state index in [1.807, 2.05) is 17.0 Å². The average Bonchev–Trinajstić information content (AvgIpc) is 3.51. The summed E-state index contributed by atoms with van der Waals surface area (Å²) < 4.78 is 0. The molecule has 2 saturated carbocycles. The highest BCUT2D eigenvalue weighted by Gasteiger charge is 2.61. The first kappa shape index (κ1) is 19.3. The van der Waals surface area contributed by atoms with Crippen molar-refractivity contribution in [1.82, 2.24) is 4.90 Å². The van der Waals surface area contributed by atoms with Gasteiger partial charge in [-0.15, -0.1) is 0 Å². The largest absolute Gasteiger partial charge is 0.342 e. The van der Waals surface area contributed by atoms with E-state index in [2.05, 4.69) is 48.6 Å². The van der Waals surface area contributed by atoms with Crippen molar-refractivity contribution in [2.24, 2.45) is 17.3 Å². The van der Waals surface area contributed by atoms with Crippen LogP contribution in [0.25, 0.3) is 11.1 Å². The first-order valence-corrected chi connectivity index (χ1v) is 11.3. The van der Waals surface area contributed by atoms with Gasteiger partial charge < -0.3 is 10.2 Å². The van der Waals surface area contributed by atoms with Crippen molar-refractivity contribution in [3.05, 3.63) is 54.1 Å². The van der Waals surface area contributed by atoms with E-state index in [0.717, 1.165) is 43.6 Å². The molecule has 2 aliphatic carbocycles. The predicted molar refractivity (Wildman–Crippen MR) is 119 cm³/mol. The first-order chi connectivity index (χ1) is 14.5. The molecule has 1 aliphatic heterocycles. The molecule has 0 bridgehead atoms. The maximum Gasteiger partial charge on any atom is 0.227 e. The minimum absolute atomic E-state index is 0.0117. The average molecular weight is 403 g/mol. The molecule has 1 atom stereocenters. The van der Waals surface area contributed by atoms with Crippen molar-refractivity contribution in [2.45, 2.75) is 45.4 Å². The Hall–Kier alpha value is -2.62. The van der Waals surface area contributed by atoms with Gasteiger partial charge in [-0.1, -0.05) is 48.4 Å². The summed E-state index contributed by atoms with van der Waals surface area (Å²) in [7, 11) is 0. The molecule has 3 fully saturated rings. The van der Waals surface area contributed by atoms with E-state index in [-0.39, 0.29) is 17.7 Å². The van der Waals surface area contributed by atoms with Gasteiger partial charge in [-0.05, 0) is 67.7 Å². The zero-order valence-corrected chi connectivity index (χ0v) is 17.7. The third kappa shape index (κ3) is 3.64. The summed E-state index contributed by atoms with van der Waals surface area (Å²) in [6.07, 6.45) is 6.40. The van der Waals surface area contributed by atoms with Crippen LogP contribution in [0, 0.1) is 24.2 Å². The van der Waals surface area contributed by atoms with Crippen LogP contribution in [0.3, 0.4) is 0 Å². The zero-order valence-electron chi connectivity index (χ0n) is 17.7. The third-order valence-corrected chi connectivity index (χ3v) is 7.52. The SMILES string of the molecule is Cc1cccc(-c2ccc(NC(=O)C3CCN(C(=O)[C@H]4CC45CCC5)CC3)cc2)c1. The summed E-state index contributed by atoms with van der Waals surface area (Å²) in [5.41, 5.74) is 4.78. The van der Waals surface area contributed by atoms with Crippen LogP contribution in [-0.2, 0) is 9.59 Å². The topological polar surface area (TPSA) is 49.4 Å². The Labute approximate surface area is 178 Å². The number of carbonyl (C=O) groups is 2. The number of carbonyl (C=O) groups excluding carboxylic acids is 2. The van der Waals surface area contributed by atoms with Crippen LogP contribution in [0.5, 0.6) is 0 Å². The van der Waals surface area contributed by atoms with Crippen LogP contribution in [0.15, 0.2) is 48.5 Å². The van der Waals surface area contributed by atoms with Crippen molar-refractivity contribution >= 4 is 17.5 Å². The van der Waals surface area contributed by atoms with Gasteiger partial charge in [0.25, 0.3) is 0 Å². The Kier molecular flexibility index (Phi) is 4.88. The molecule has 156 valence electrons. The van der Waals surface area contributed by atoms with Crippen LogP contribution in [-0.4, -0.2) is 29.8 Å². The van der Waals surface area contributed by atoms with E-state index in [4.69, 9.17) is 0 Å². The van der Waals surface area contributed by atoms with E-state index in [1.165, 1.54) is 30.4 Å². The van der Waals surface area contributed by atoms with Crippen LogP contribution in [0.4, 0.5) is 5.69 Å². The predicted octanol–water partition coefficient (Wildman–Crippen LogP) is 5.03. The van der Waals surface area contributed by atoms with Crippen LogP contribution >= 0.6 is 0 Å². The lowest BCUT2D eigenvalue weighted by molar-refractivity contribution is -0.137. The number of aryl methyl sites for hydroxylation is 1. The summed E-state index contributed by atoms with van der Waals surface area (Å²) in [6.45, 7) is 3.53. The molecule has 1 heterocycles. The van der Waals surface area contributed by atoms with Crippen LogP contribution in [0.1, 0.15) is 44.1 Å². The van der Waals surface area contributed by atoms with Gasteiger partial charge in [-0.2, -0.15) is 0 Å². The summed E-state index contributed by atoms with van der Waals surface area (Å²) in [5.74, 6) is 0.693. The number of benzene rings is 2. The van der Waals surface area contributed by atoms with E-state index in [9.17, 15) is 9.59 Å². The van der Waals surface area contributed by atoms with Crippen molar-refractivity contribution in [3.63, 3.8) is 0 Å². The molecule has 1 N–H and O–H groups in total. The van der Waals surface area contributed by atoms with E-state index < -0.39 is 0 Å². The van der Waals surface area contributed by atoms with Crippen LogP contribution < -0.4 is 5.32 Å². The van der Waals surface area contributed by atoms with Gasteiger partial charge in [0, 0.05) is 30.6 Å². The second kappa shape index (κ2) is 7.57. The summed E-state index contributed by atoms with van der Waals surface area (Å²) >= 11 is 0. The maximum absolute atomic E-state index is 12.7. The second-order valence-corrected chi connectivity index (χ2v) is 9.51. The minimum Gasteiger partial charge on any atom is -0.342 e. The van der Waals surface area contributed by atoms with Gasteiger partial charge in [0.05, 0.1) is 0 Å². The number of hydrogen-bond donors (Lipinski definition) is 1. The van der Waals surface area contributed by atoms with Gasteiger partial charge >= 0.3 is 0 Å². The first-order valence-electron chi connectivity index (χ1n) is 11.3. The van der Waals surface area contributed by atoms with Crippen molar-refractivity contribution in [1.29, 1.82) is 0 Å². The Balaban J connectivity index is 1.13. The molecule has 2 aromatic carbocycles. The van der Waals surface area contributed by atoms with Gasteiger partial charge in [0.2, 0.25) is 11.8 Å².